The zero-order valence-electron chi connectivity index (χ0n) is 21.2. The Balaban J connectivity index is 1.25. The molecule has 6 rings (SSSR count). The Morgan fingerprint density at radius 1 is 1.12 bits per heavy atom. The van der Waals surface area contributed by atoms with Gasteiger partial charge in [0.05, 0.1) is 11.7 Å². The van der Waals surface area contributed by atoms with Crippen molar-refractivity contribution in [1.82, 2.24) is 5.32 Å². The van der Waals surface area contributed by atoms with E-state index in [-0.39, 0.29) is 11.6 Å². The van der Waals surface area contributed by atoms with Gasteiger partial charge in [-0.15, -0.1) is 0 Å². The van der Waals surface area contributed by atoms with Crippen LogP contribution in [0.4, 0.5) is 0 Å². The molecule has 0 aromatic heterocycles. The normalized spacial score (nSPS) is 53.5. The van der Waals surface area contributed by atoms with Crippen LogP contribution in [-0.4, -0.2) is 30.3 Å². The second kappa shape index (κ2) is 8.00. The molecule has 1 unspecified atom stereocenters. The topological polar surface area (TPSA) is 70.0 Å². The minimum atomic E-state index is 0.0533. The number of azide groups is 1. The van der Waals surface area contributed by atoms with E-state index in [1.807, 2.05) is 5.57 Å². The Morgan fingerprint density at radius 2 is 1.97 bits per heavy atom. The van der Waals surface area contributed by atoms with E-state index in [1.165, 1.54) is 44.9 Å². The van der Waals surface area contributed by atoms with E-state index in [1.54, 1.807) is 5.57 Å². The van der Waals surface area contributed by atoms with Crippen molar-refractivity contribution in [3.63, 3.8) is 0 Å². The molecule has 33 heavy (non-hydrogen) atoms. The molecule has 5 fully saturated rings. The molecule has 0 bridgehead atoms. The molecule has 5 heteroatoms. The summed E-state index contributed by atoms with van der Waals surface area (Å²) >= 11 is 0. The second-order valence-corrected chi connectivity index (χ2v) is 13.3. The third-order valence-corrected chi connectivity index (χ3v) is 11.8. The van der Waals surface area contributed by atoms with E-state index in [9.17, 15) is 0 Å². The molecule has 0 aromatic carbocycles. The van der Waals surface area contributed by atoms with Crippen LogP contribution in [0.2, 0.25) is 0 Å². The lowest BCUT2D eigenvalue weighted by Gasteiger charge is -2.53. The summed E-state index contributed by atoms with van der Waals surface area (Å²) < 4.78 is 7.03. The molecule has 3 saturated carbocycles. The second-order valence-electron chi connectivity index (χ2n) is 13.3. The molecular formula is C28H44N4O. The molecule has 11 atom stereocenters. The summed E-state index contributed by atoms with van der Waals surface area (Å²) in [7, 11) is 0. The highest BCUT2D eigenvalue weighted by Gasteiger charge is 2.59. The Labute approximate surface area is 200 Å². The van der Waals surface area contributed by atoms with Gasteiger partial charge >= 0.3 is 0 Å². The summed E-state index contributed by atoms with van der Waals surface area (Å²) in [5, 5.41) is 7.98. The maximum Gasteiger partial charge on any atom is 0.0765 e. The minimum Gasteiger partial charge on any atom is -0.369 e. The predicted octanol–water partition coefficient (Wildman–Crippen LogP) is 6.79. The number of fused-ring (bicyclic) bond motifs is 6. The first-order valence-electron chi connectivity index (χ1n) is 14.0. The average molecular weight is 453 g/mol. The lowest BCUT2D eigenvalue weighted by atomic mass is 9.52. The van der Waals surface area contributed by atoms with Crippen molar-refractivity contribution in [2.75, 3.05) is 6.54 Å². The molecule has 182 valence electrons. The van der Waals surface area contributed by atoms with Gasteiger partial charge in [-0.2, -0.15) is 0 Å². The third-order valence-electron chi connectivity index (χ3n) is 11.8. The molecule has 2 saturated heterocycles. The highest BCUT2D eigenvalue weighted by molar-refractivity contribution is 5.29. The number of hydrogen-bond donors (Lipinski definition) is 1. The van der Waals surface area contributed by atoms with Crippen LogP contribution in [0.15, 0.2) is 16.3 Å². The molecule has 0 amide bonds. The molecule has 6 aliphatic rings. The van der Waals surface area contributed by atoms with Gasteiger partial charge in [-0.3, -0.25) is 0 Å². The van der Waals surface area contributed by atoms with E-state index < -0.39 is 0 Å². The molecule has 1 spiro atoms. The minimum absolute atomic E-state index is 0.0533. The van der Waals surface area contributed by atoms with E-state index >= 15 is 0 Å². The average Bonchev–Trinajstić information content (AvgIpc) is 3.24. The molecule has 0 aromatic rings. The zero-order valence-corrected chi connectivity index (χ0v) is 21.2. The quantitative estimate of drug-likeness (QED) is 0.206. The fourth-order valence-corrected chi connectivity index (χ4v) is 9.98. The smallest absolute Gasteiger partial charge is 0.0765 e. The van der Waals surface area contributed by atoms with E-state index in [4.69, 9.17) is 10.3 Å². The van der Waals surface area contributed by atoms with Crippen LogP contribution in [0.3, 0.4) is 0 Å². The number of hydrogen-bond acceptors (Lipinski definition) is 3. The van der Waals surface area contributed by atoms with E-state index in [2.05, 4.69) is 43.0 Å². The van der Waals surface area contributed by atoms with Crippen molar-refractivity contribution < 1.29 is 4.74 Å². The fourth-order valence-electron chi connectivity index (χ4n) is 9.98. The largest absolute Gasteiger partial charge is 0.369 e. The number of ether oxygens (including phenoxy) is 1. The van der Waals surface area contributed by atoms with Gasteiger partial charge in [0.25, 0.3) is 0 Å². The summed E-state index contributed by atoms with van der Waals surface area (Å²) in [5.41, 5.74) is 12.9. The van der Waals surface area contributed by atoms with Crippen molar-refractivity contribution >= 4 is 0 Å². The first-order chi connectivity index (χ1) is 15.8. The number of rotatable bonds is 1. The van der Waals surface area contributed by atoms with Crippen molar-refractivity contribution in [1.29, 1.82) is 0 Å². The van der Waals surface area contributed by atoms with Gasteiger partial charge in [0, 0.05) is 22.9 Å². The first-order valence-corrected chi connectivity index (χ1v) is 14.0. The molecule has 5 nitrogen and oxygen atoms in total. The Morgan fingerprint density at radius 3 is 2.79 bits per heavy atom. The molecule has 1 N–H and O–H groups in total. The van der Waals surface area contributed by atoms with Crippen LogP contribution in [0, 0.1) is 40.9 Å². The van der Waals surface area contributed by atoms with Crippen molar-refractivity contribution in [3.8, 4) is 0 Å². The van der Waals surface area contributed by atoms with Crippen molar-refractivity contribution in [2.45, 2.75) is 116 Å². The summed E-state index contributed by atoms with van der Waals surface area (Å²) in [6.45, 7) is 11.0. The third kappa shape index (κ3) is 3.36. The van der Waals surface area contributed by atoms with Crippen molar-refractivity contribution in [3.05, 3.63) is 21.6 Å². The fraction of sp³-hybridized carbons (Fsp3) is 0.929. The van der Waals surface area contributed by atoms with Crippen LogP contribution >= 0.6 is 0 Å². The van der Waals surface area contributed by atoms with Crippen LogP contribution < -0.4 is 5.32 Å². The number of nitrogens with zero attached hydrogens (tertiary/aromatic N) is 3. The molecular weight excluding hydrogens is 408 g/mol. The predicted molar refractivity (Wildman–Crippen MR) is 132 cm³/mol. The number of piperidine rings is 1. The standard InChI is InChI=1S/C28H44N4O/c1-16-11-25-26(30-15-16)18(3)28(33-25)10-8-21-22-6-5-19-12-20(31-32-29)7-9-27(19,4)24(22)13-23(21)17(2)14-28/h16,18-22,24-26,30H,5-15H2,1-4H3/t16-,18+,19+,20?,21-,22-,24-,25+,26-,27-,28-/m0/s1. The summed E-state index contributed by atoms with van der Waals surface area (Å²) in [6, 6.07) is 0.781. The Hall–Kier alpha value is -1.03. The van der Waals surface area contributed by atoms with Gasteiger partial charge in [0.2, 0.25) is 0 Å². The lowest BCUT2D eigenvalue weighted by Crippen LogP contribution is -2.48. The lowest BCUT2D eigenvalue weighted by molar-refractivity contribution is -0.0745. The highest BCUT2D eigenvalue weighted by atomic mass is 16.5. The van der Waals surface area contributed by atoms with Gasteiger partial charge in [-0.05, 0) is 118 Å². The summed E-state index contributed by atoms with van der Waals surface area (Å²) in [6.07, 6.45) is 12.9. The molecule has 0 radical (unpaired) electrons. The van der Waals surface area contributed by atoms with Crippen LogP contribution in [0.25, 0.3) is 10.4 Å². The maximum absolute atomic E-state index is 8.95. The van der Waals surface area contributed by atoms with Crippen LogP contribution in [0.5, 0.6) is 0 Å². The Bertz CT molecular complexity index is 879. The number of nitrogens with one attached hydrogen (secondary N) is 1. The van der Waals surface area contributed by atoms with Gasteiger partial charge in [0.1, 0.15) is 0 Å². The first kappa shape index (κ1) is 22.4. The highest BCUT2D eigenvalue weighted by Crippen LogP contribution is 2.65. The van der Waals surface area contributed by atoms with Gasteiger partial charge in [-0.1, -0.05) is 37.0 Å². The molecule has 2 heterocycles. The molecule has 2 aliphatic heterocycles. The Kier molecular flexibility index (Phi) is 5.44. The molecule has 4 aliphatic carbocycles. The van der Waals surface area contributed by atoms with Gasteiger partial charge in [0.15, 0.2) is 0 Å². The van der Waals surface area contributed by atoms with E-state index in [0.717, 1.165) is 55.4 Å². The summed E-state index contributed by atoms with van der Waals surface area (Å²) in [4.78, 5) is 3.14. The van der Waals surface area contributed by atoms with E-state index in [0.29, 0.717) is 23.5 Å². The summed E-state index contributed by atoms with van der Waals surface area (Å²) in [5.74, 6) is 4.55. The van der Waals surface area contributed by atoms with Crippen LogP contribution in [0.1, 0.15) is 91.9 Å². The SMILES string of the molecule is CC1=C2C[C@H]3[C@@H](CC[C@@H]4CC(N=[N+]=[N-])CC[C@@]43C)[C@@H]2CC[C@@]2(C1)O[C@@H]1C[C@H](C)CN[C@H]1[C@H]2C. The van der Waals surface area contributed by atoms with Gasteiger partial charge in [-0.25, -0.2) is 0 Å². The number of allylic oxidation sites excluding steroid dienone is 1. The van der Waals surface area contributed by atoms with Crippen molar-refractivity contribution in [2.24, 2.45) is 46.0 Å². The maximum atomic E-state index is 8.95. The van der Waals surface area contributed by atoms with Gasteiger partial charge < -0.3 is 10.1 Å². The zero-order chi connectivity index (χ0) is 23.0. The monoisotopic (exact) mass is 452 g/mol. The van der Waals surface area contributed by atoms with Crippen LogP contribution in [-0.2, 0) is 4.74 Å².